The lowest BCUT2D eigenvalue weighted by Gasteiger charge is -2.26. The molecule has 28 heavy (non-hydrogen) atoms. The maximum absolute atomic E-state index is 13.6. The largest absolute Gasteiger partial charge is 0.459 e. The highest BCUT2D eigenvalue weighted by atomic mass is 19.2. The van der Waals surface area contributed by atoms with Gasteiger partial charge in [-0.1, -0.05) is 12.1 Å². The van der Waals surface area contributed by atoms with Gasteiger partial charge in [-0.15, -0.1) is 0 Å². The number of carbonyl (C=O) groups is 2. The minimum Gasteiger partial charge on any atom is -0.459 e. The van der Waals surface area contributed by atoms with Crippen molar-refractivity contribution >= 4 is 12.1 Å². The second-order valence-corrected chi connectivity index (χ2v) is 9.05. The van der Waals surface area contributed by atoms with E-state index in [4.69, 9.17) is 14.2 Å². The first-order chi connectivity index (χ1) is 12.5. The third-order valence-corrected chi connectivity index (χ3v) is 3.11. The lowest BCUT2D eigenvalue weighted by atomic mass is 10.1. The maximum atomic E-state index is 13.6. The molecule has 0 radical (unpaired) electrons. The molecule has 0 fully saturated rings. The minimum atomic E-state index is -1.79. The summed E-state index contributed by atoms with van der Waals surface area (Å²) in [5.41, 5.74) is -0.647. The molecular weight excluding hydrogens is 365 g/mol. The van der Waals surface area contributed by atoms with Crippen molar-refractivity contribution in [2.75, 3.05) is 0 Å². The van der Waals surface area contributed by atoms with Gasteiger partial charge in [-0.2, -0.15) is 4.39 Å². The number of benzene rings is 1. The zero-order valence-corrected chi connectivity index (χ0v) is 18.0. The summed E-state index contributed by atoms with van der Waals surface area (Å²) in [5.74, 6) is -1.99. The molecule has 6 nitrogen and oxygen atoms in total. The Balaban J connectivity index is 2.92. The molecule has 1 amide bonds. The fraction of sp³-hybridized carbons (Fsp3) is 0.619. The second-order valence-electron chi connectivity index (χ2n) is 9.05. The van der Waals surface area contributed by atoms with Crippen LogP contribution < -0.4 is 10.1 Å². The maximum Gasteiger partial charge on any atom is 0.408 e. The molecule has 0 spiro atoms. The molecule has 0 aliphatic rings. The van der Waals surface area contributed by atoms with E-state index in [0.29, 0.717) is 5.75 Å². The Kier molecular flexibility index (Phi) is 7.45. The van der Waals surface area contributed by atoms with Gasteiger partial charge in [-0.05, 0) is 59.2 Å². The first kappa shape index (κ1) is 23.7. The highest BCUT2D eigenvalue weighted by Gasteiger charge is 2.29. The van der Waals surface area contributed by atoms with Gasteiger partial charge in [0.15, 0.2) is 0 Å². The lowest BCUT2D eigenvalue weighted by molar-refractivity contribution is -0.157. The van der Waals surface area contributed by atoms with Gasteiger partial charge >= 0.3 is 12.1 Å². The molecule has 0 aromatic heterocycles. The molecule has 0 heterocycles. The van der Waals surface area contributed by atoms with Crippen LogP contribution in [0.25, 0.3) is 0 Å². The van der Waals surface area contributed by atoms with Gasteiger partial charge in [-0.3, -0.25) is 0 Å². The molecule has 0 saturated heterocycles. The summed E-state index contributed by atoms with van der Waals surface area (Å²) in [6.45, 7) is 13.1. The average Bonchev–Trinajstić information content (AvgIpc) is 2.43. The Labute approximate surface area is 166 Å². The number of ether oxygens (including phenoxy) is 3. The molecule has 0 saturated carbocycles. The number of alkyl halides is 1. The zero-order chi connectivity index (χ0) is 21.8. The van der Waals surface area contributed by atoms with E-state index in [1.165, 1.54) is 13.8 Å². The third-order valence-electron chi connectivity index (χ3n) is 3.11. The number of rotatable bonds is 6. The van der Waals surface area contributed by atoms with E-state index in [2.05, 4.69) is 5.32 Å². The molecule has 7 heteroatoms. The van der Waals surface area contributed by atoms with Crippen LogP contribution in [0.2, 0.25) is 0 Å². The van der Waals surface area contributed by atoms with Crippen molar-refractivity contribution in [1.29, 1.82) is 0 Å². The van der Waals surface area contributed by atoms with Crippen LogP contribution in [0, 0.1) is 0 Å². The molecule has 0 aliphatic carbocycles. The quantitative estimate of drug-likeness (QED) is 0.713. The van der Waals surface area contributed by atoms with E-state index >= 15 is 0 Å². The summed E-state index contributed by atoms with van der Waals surface area (Å²) in [6.07, 6.45) is -0.518. The van der Waals surface area contributed by atoms with Crippen molar-refractivity contribution in [2.45, 2.75) is 84.9 Å². The Morgan fingerprint density at radius 1 is 0.929 bits per heavy atom. The van der Waals surface area contributed by atoms with Gasteiger partial charge in [0, 0.05) is 20.3 Å². The number of hydrogen-bond donors (Lipinski definition) is 1. The molecule has 1 rings (SSSR count). The van der Waals surface area contributed by atoms with Crippen LogP contribution in [0.5, 0.6) is 5.75 Å². The fourth-order valence-corrected chi connectivity index (χ4v) is 2.23. The minimum absolute atomic E-state index is 0.188. The lowest BCUT2D eigenvalue weighted by Crippen LogP contribution is -2.47. The third kappa shape index (κ3) is 10.1. The van der Waals surface area contributed by atoms with Crippen molar-refractivity contribution in [3.8, 4) is 5.75 Å². The standard InChI is InChI=1S/C21H32FNO5/c1-19(2,3)27-17(24)16(23-18(25)28-20(4,5)6)13-14-9-11-15(12-10-14)26-21(7,8)22/h9-12,16H,13H2,1-8H3,(H,23,25)/t16-/m1/s1. The Hall–Kier alpha value is -2.31. The van der Waals surface area contributed by atoms with Crippen LogP contribution in [0.3, 0.4) is 0 Å². The Morgan fingerprint density at radius 2 is 1.43 bits per heavy atom. The van der Waals surface area contributed by atoms with E-state index in [1.54, 1.807) is 65.8 Å². The Bertz CT molecular complexity index is 666. The van der Waals surface area contributed by atoms with Gasteiger partial charge in [0.1, 0.15) is 23.0 Å². The summed E-state index contributed by atoms with van der Waals surface area (Å²) < 4.78 is 29.4. The van der Waals surface area contributed by atoms with Crippen LogP contribution in [0.4, 0.5) is 9.18 Å². The highest BCUT2D eigenvalue weighted by molar-refractivity contribution is 5.82. The van der Waals surface area contributed by atoms with Gasteiger partial charge in [-0.25, -0.2) is 9.59 Å². The molecule has 0 bridgehead atoms. The number of alkyl carbamates (subject to hydrolysis) is 1. The van der Waals surface area contributed by atoms with Gasteiger partial charge in [0.2, 0.25) is 5.85 Å². The summed E-state index contributed by atoms with van der Waals surface area (Å²) in [5, 5.41) is 2.57. The number of carbonyl (C=O) groups excluding carboxylic acids is 2. The number of halogens is 1. The van der Waals surface area contributed by atoms with E-state index < -0.39 is 35.2 Å². The topological polar surface area (TPSA) is 73.9 Å². The van der Waals surface area contributed by atoms with Gasteiger partial charge in [0.05, 0.1) is 0 Å². The second kappa shape index (κ2) is 8.80. The Morgan fingerprint density at radius 3 is 1.86 bits per heavy atom. The van der Waals surface area contributed by atoms with Gasteiger partial charge < -0.3 is 19.5 Å². The summed E-state index contributed by atoms with van der Waals surface area (Å²) >= 11 is 0. The SMILES string of the molecule is CC(C)(C)OC(=O)N[C@H](Cc1ccc(OC(C)(C)F)cc1)C(=O)OC(C)(C)C. The normalized spacial score (nSPS) is 13.5. The van der Waals surface area contributed by atoms with E-state index in [9.17, 15) is 14.0 Å². The predicted octanol–water partition coefficient (Wildman–Crippen LogP) is 4.55. The van der Waals surface area contributed by atoms with Crippen molar-refractivity contribution in [2.24, 2.45) is 0 Å². The van der Waals surface area contributed by atoms with Crippen LogP contribution in [0.15, 0.2) is 24.3 Å². The van der Waals surface area contributed by atoms with E-state index in [0.717, 1.165) is 5.56 Å². The van der Waals surface area contributed by atoms with E-state index in [-0.39, 0.29) is 6.42 Å². The summed E-state index contributed by atoms with van der Waals surface area (Å²) in [4.78, 5) is 24.7. The highest BCUT2D eigenvalue weighted by Crippen LogP contribution is 2.21. The number of amides is 1. The zero-order valence-electron chi connectivity index (χ0n) is 18.0. The first-order valence-electron chi connectivity index (χ1n) is 9.23. The molecule has 158 valence electrons. The fourth-order valence-electron chi connectivity index (χ4n) is 2.23. The number of nitrogens with one attached hydrogen (secondary N) is 1. The molecule has 0 aliphatic heterocycles. The summed E-state index contributed by atoms with van der Waals surface area (Å²) in [7, 11) is 0. The van der Waals surface area contributed by atoms with E-state index in [1.807, 2.05) is 0 Å². The molecule has 0 unspecified atom stereocenters. The van der Waals surface area contributed by atoms with Crippen LogP contribution in [0.1, 0.15) is 61.0 Å². The first-order valence-corrected chi connectivity index (χ1v) is 9.23. The monoisotopic (exact) mass is 397 g/mol. The average molecular weight is 397 g/mol. The molecule has 1 atom stereocenters. The molecular formula is C21H32FNO5. The van der Waals surface area contributed by atoms with Crippen LogP contribution in [-0.2, 0) is 20.7 Å². The van der Waals surface area contributed by atoms with Crippen molar-refractivity contribution in [3.63, 3.8) is 0 Å². The number of esters is 1. The number of hydrogen-bond acceptors (Lipinski definition) is 5. The van der Waals surface area contributed by atoms with Crippen molar-refractivity contribution in [3.05, 3.63) is 29.8 Å². The van der Waals surface area contributed by atoms with Crippen LogP contribution >= 0.6 is 0 Å². The molecule has 1 aromatic rings. The summed E-state index contributed by atoms with van der Waals surface area (Å²) in [6, 6.07) is 5.69. The van der Waals surface area contributed by atoms with Crippen molar-refractivity contribution < 1.29 is 28.2 Å². The predicted molar refractivity (Wildman–Crippen MR) is 105 cm³/mol. The smallest absolute Gasteiger partial charge is 0.408 e. The molecule has 1 aromatic carbocycles. The van der Waals surface area contributed by atoms with Gasteiger partial charge in [0.25, 0.3) is 0 Å². The van der Waals surface area contributed by atoms with Crippen molar-refractivity contribution in [1.82, 2.24) is 5.32 Å². The molecule has 1 N–H and O–H groups in total. The van der Waals surface area contributed by atoms with Crippen LogP contribution in [-0.4, -0.2) is 35.2 Å².